The van der Waals surface area contributed by atoms with Crippen LogP contribution in [0.3, 0.4) is 0 Å². The zero-order valence-corrected chi connectivity index (χ0v) is 17.4. The number of H-pyrrole nitrogens is 1. The van der Waals surface area contributed by atoms with Gasteiger partial charge in [0.2, 0.25) is 0 Å². The lowest BCUT2D eigenvalue weighted by molar-refractivity contribution is 0.535. The predicted molar refractivity (Wildman–Crippen MR) is 116 cm³/mol. The van der Waals surface area contributed by atoms with E-state index < -0.39 is 0 Å². The molecule has 0 fully saturated rings. The van der Waals surface area contributed by atoms with E-state index in [1.165, 1.54) is 95.6 Å². The predicted octanol–water partition coefficient (Wildman–Crippen LogP) is 7.50. The highest BCUT2D eigenvalue weighted by Gasteiger charge is 2.04. The third kappa shape index (κ3) is 9.74. The van der Waals surface area contributed by atoms with E-state index >= 15 is 0 Å². The van der Waals surface area contributed by atoms with Gasteiger partial charge < -0.3 is 0 Å². The van der Waals surface area contributed by atoms with E-state index in [-0.39, 0.29) is 0 Å². The summed E-state index contributed by atoms with van der Waals surface area (Å²) in [5.41, 5.74) is 3.13. The van der Waals surface area contributed by atoms with Gasteiger partial charge in [-0.1, -0.05) is 96.5 Å². The van der Waals surface area contributed by atoms with Gasteiger partial charge in [-0.25, -0.2) is 0 Å². The van der Waals surface area contributed by atoms with Crippen LogP contribution in [0.1, 0.15) is 103 Å². The summed E-state index contributed by atoms with van der Waals surface area (Å²) in [6, 6.07) is 8.09. The summed E-state index contributed by atoms with van der Waals surface area (Å²) in [7, 11) is 0. The summed E-state index contributed by atoms with van der Waals surface area (Å²) in [6.45, 7) is 2.29. The number of aromatic amines is 1. The molecule has 3 nitrogen and oxygen atoms in total. The normalized spacial score (nSPS) is 11.1. The molecular formula is C24H39N3. The first-order chi connectivity index (χ1) is 13.4. The molecule has 0 saturated carbocycles. The maximum Gasteiger partial charge on any atom is 0.111 e. The highest BCUT2D eigenvalue weighted by molar-refractivity contribution is 5.53. The van der Waals surface area contributed by atoms with Gasteiger partial charge in [-0.3, -0.25) is 10.1 Å². The molecule has 0 spiro atoms. The summed E-state index contributed by atoms with van der Waals surface area (Å²) in [5, 5.41) is 7.54. The second kappa shape index (κ2) is 14.4. The minimum absolute atomic E-state index is 0.945. The zero-order chi connectivity index (χ0) is 19.0. The molecule has 0 aliphatic carbocycles. The maximum absolute atomic E-state index is 4.38. The van der Waals surface area contributed by atoms with E-state index in [2.05, 4.69) is 28.2 Å². The molecule has 150 valence electrons. The van der Waals surface area contributed by atoms with Crippen LogP contribution in [0.5, 0.6) is 0 Å². The van der Waals surface area contributed by atoms with Gasteiger partial charge in [0.25, 0.3) is 0 Å². The number of aryl methyl sites for hydroxylation is 1. The molecule has 0 saturated heterocycles. The number of aromatic nitrogens is 3. The van der Waals surface area contributed by atoms with E-state index in [4.69, 9.17) is 0 Å². The highest BCUT2D eigenvalue weighted by Crippen LogP contribution is 2.17. The van der Waals surface area contributed by atoms with E-state index in [9.17, 15) is 0 Å². The molecule has 0 aliphatic rings. The molecule has 0 bridgehead atoms. The van der Waals surface area contributed by atoms with Gasteiger partial charge in [-0.05, 0) is 31.0 Å². The van der Waals surface area contributed by atoms with Crippen molar-refractivity contribution in [2.45, 2.75) is 103 Å². The third-order valence-corrected chi connectivity index (χ3v) is 5.36. The molecule has 2 aromatic rings. The Morgan fingerprint density at radius 3 is 1.85 bits per heavy atom. The fourth-order valence-corrected chi connectivity index (χ4v) is 3.65. The van der Waals surface area contributed by atoms with Gasteiger partial charge in [-0.2, -0.15) is 5.10 Å². The molecule has 0 atom stereocenters. The second-order valence-corrected chi connectivity index (χ2v) is 7.84. The molecule has 2 heterocycles. The van der Waals surface area contributed by atoms with Crippen LogP contribution >= 0.6 is 0 Å². The minimum atomic E-state index is 0.945. The van der Waals surface area contributed by atoms with E-state index in [1.807, 2.05) is 24.4 Å². The van der Waals surface area contributed by atoms with Crippen molar-refractivity contribution in [2.24, 2.45) is 0 Å². The summed E-state index contributed by atoms with van der Waals surface area (Å²) < 4.78 is 0. The quantitative estimate of drug-likeness (QED) is 0.311. The number of rotatable bonds is 16. The standard InChI is InChI=1S/C24H39N3/c1-2-3-4-5-6-7-8-9-10-11-12-13-14-15-18-22-21-24(27-26-22)23-19-16-17-20-25-23/h16-17,19-21H,2-15,18H2,1H3,(H,26,27). The Balaban J connectivity index is 1.39. The van der Waals surface area contributed by atoms with Crippen LogP contribution in [0.4, 0.5) is 0 Å². The summed E-state index contributed by atoms with van der Waals surface area (Å²) >= 11 is 0. The third-order valence-electron chi connectivity index (χ3n) is 5.36. The Labute approximate surface area is 166 Å². The molecule has 0 amide bonds. The topological polar surface area (TPSA) is 41.6 Å². The Morgan fingerprint density at radius 2 is 1.30 bits per heavy atom. The molecule has 3 heteroatoms. The van der Waals surface area contributed by atoms with Crippen LogP contribution in [-0.4, -0.2) is 15.2 Å². The highest BCUT2D eigenvalue weighted by atomic mass is 15.1. The molecule has 2 rings (SSSR count). The van der Waals surface area contributed by atoms with E-state index in [0.717, 1.165) is 17.8 Å². The molecule has 0 radical (unpaired) electrons. The van der Waals surface area contributed by atoms with Crippen molar-refractivity contribution in [3.8, 4) is 11.4 Å². The van der Waals surface area contributed by atoms with Crippen molar-refractivity contribution in [1.82, 2.24) is 15.2 Å². The average Bonchev–Trinajstić information content (AvgIpc) is 3.18. The first kappa shape index (κ1) is 21.7. The molecule has 2 aromatic heterocycles. The fourth-order valence-electron chi connectivity index (χ4n) is 3.65. The molecule has 1 N–H and O–H groups in total. The number of nitrogens with zero attached hydrogens (tertiary/aromatic N) is 2. The number of unbranched alkanes of at least 4 members (excludes halogenated alkanes) is 13. The van der Waals surface area contributed by atoms with Crippen molar-refractivity contribution in [3.05, 3.63) is 36.2 Å². The lowest BCUT2D eigenvalue weighted by Gasteiger charge is -2.03. The number of pyridine rings is 1. The number of hydrogen-bond donors (Lipinski definition) is 1. The van der Waals surface area contributed by atoms with Crippen LogP contribution in [0.2, 0.25) is 0 Å². The first-order valence-corrected chi connectivity index (χ1v) is 11.4. The molecule has 27 heavy (non-hydrogen) atoms. The van der Waals surface area contributed by atoms with Gasteiger partial charge in [0.05, 0.1) is 5.69 Å². The molecular weight excluding hydrogens is 330 g/mol. The van der Waals surface area contributed by atoms with Crippen molar-refractivity contribution >= 4 is 0 Å². The SMILES string of the molecule is CCCCCCCCCCCCCCCCc1cc(-c2ccccn2)n[nH]1. The molecule has 0 aliphatic heterocycles. The summed E-state index contributed by atoms with van der Waals surface area (Å²) in [4.78, 5) is 4.35. The van der Waals surface area contributed by atoms with Crippen LogP contribution < -0.4 is 0 Å². The zero-order valence-electron chi connectivity index (χ0n) is 17.4. The summed E-state index contributed by atoms with van der Waals surface area (Å²) in [5.74, 6) is 0. The fraction of sp³-hybridized carbons (Fsp3) is 0.667. The maximum atomic E-state index is 4.38. The van der Waals surface area contributed by atoms with Crippen molar-refractivity contribution in [1.29, 1.82) is 0 Å². The Morgan fingerprint density at radius 1 is 0.704 bits per heavy atom. The van der Waals surface area contributed by atoms with Crippen molar-refractivity contribution < 1.29 is 0 Å². The number of hydrogen-bond acceptors (Lipinski definition) is 2. The van der Waals surface area contributed by atoms with Gasteiger partial charge >= 0.3 is 0 Å². The van der Waals surface area contributed by atoms with Crippen LogP contribution in [0.25, 0.3) is 11.4 Å². The number of nitrogens with one attached hydrogen (secondary N) is 1. The minimum Gasteiger partial charge on any atom is -0.282 e. The van der Waals surface area contributed by atoms with Crippen molar-refractivity contribution in [2.75, 3.05) is 0 Å². The largest absolute Gasteiger partial charge is 0.282 e. The molecule has 0 aromatic carbocycles. The van der Waals surface area contributed by atoms with Crippen LogP contribution in [-0.2, 0) is 6.42 Å². The smallest absolute Gasteiger partial charge is 0.111 e. The monoisotopic (exact) mass is 369 g/mol. The average molecular weight is 370 g/mol. The van der Waals surface area contributed by atoms with Crippen LogP contribution in [0, 0.1) is 0 Å². The van der Waals surface area contributed by atoms with E-state index in [1.54, 1.807) is 0 Å². The van der Waals surface area contributed by atoms with Gasteiger partial charge in [0.15, 0.2) is 0 Å². The molecule has 0 unspecified atom stereocenters. The van der Waals surface area contributed by atoms with E-state index in [0.29, 0.717) is 0 Å². The Bertz CT molecular complexity index is 576. The van der Waals surface area contributed by atoms with Crippen molar-refractivity contribution in [3.63, 3.8) is 0 Å². The Kier molecular flexibility index (Phi) is 11.6. The summed E-state index contributed by atoms with van der Waals surface area (Å²) in [6.07, 6.45) is 22.6. The van der Waals surface area contributed by atoms with Crippen LogP contribution in [0.15, 0.2) is 30.5 Å². The lowest BCUT2D eigenvalue weighted by atomic mass is 10.0. The Hall–Kier alpha value is -1.64. The lowest BCUT2D eigenvalue weighted by Crippen LogP contribution is -1.87. The first-order valence-electron chi connectivity index (χ1n) is 11.4. The van der Waals surface area contributed by atoms with Gasteiger partial charge in [0.1, 0.15) is 5.69 Å². The second-order valence-electron chi connectivity index (χ2n) is 7.84. The van der Waals surface area contributed by atoms with Gasteiger partial charge in [-0.15, -0.1) is 0 Å². The van der Waals surface area contributed by atoms with Gasteiger partial charge in [0, 0.05) is 11.9 Å².